The van der Waals surface area contributed by atoms with Crippen molar-refractivity contribution >= 4 is 11.9 Å². The lowest BCUT2D eigenvalue weighted by Gasteiger charge is -2.32. The van der Waals surface area contributed by atoms with Gasteiger partial charge in [0, 0.05) is 31.1 Å². The third-order valence-corrected chi connectivity index (χ3v) is 4.41. The Hall–Kier alpha value is -1.85. The molecule has 114 valence electrons. The van der Waals surface area contributed by atoms with Crippen LogP contribution in [0.3, 0.4) is 0 Å². The van der Waals surface area contributed by atoms with Crippen molar-refractivity contribution in [2.45, 2.75) is 44.4 Å². The largest absolute Gasteiger partial charge is 0.481 e. The van der Waals surface area contributed by atoms with E-state index in [4.69, 9.17) is 5.11 Å². The van der Waals surface area contributed by atoms with Crippen LogP contribution < -0.4 is 0 Å². The van der Waals surface area contributed by atoms with Crippen LogP contribution >= 0.6 is 0 Å². The summed E-state index contributed by atoms with van der Waals surface area (Å²) in [6.45, 7) is 1.39. The van der Waals surface area contributed by atoms with E-state index in [0.717, 1.165) is 25.1 Å². The zero-order valence-corrected chi connectivity index (χ0v) is 12.0. The average molecular weight is 291 g/mol. The Morgan fingerprint density at radius 3 is 2.90 bits per heavy atom. The number of carbonyl (C=O) groups is 2. The number of hydrogen-bond donors (Lipinski definition) is 2. The predicted molar refractivity (Wildman–Crippen MR) is 76.1 cm³/mol. The molecule has 1 amide bonds. The normalized spacial score (nSPS) is 22.3. The third kappa shape index (κ3) is 3.43. The van der Waals surface area contributed by atoms with Crippen LogP contribution in [-0.4, -0.2) is 45.2 Å². The molecule has 6 nitrogen and oxygen atoms in total. The second kappa shape index (κ2) is 5.87. The van der Waals surface area contributed by atoms with Gasteiger partial charge >= 0.3 is 5.97 Å². The lowest BCUT2D eigenvalue weighted by molar-refractivity contribution is -0.137. The van der Waals surface area contributed by atoms with Gasteiger partial charge in [-0.05, 0) is 44.1 Å². The molecule has 1 aliphatic heterocycles. The number of aromatic amines is 1. The number of carbonyl (C=O) groups excluding carboxylic acids is 1. The lowest BCUT2D eigenvalue weighted by Crippen LogP contribution is -2.40. The van der Waals surface area contributed by atoms with E-state index in [1.165, 1.54) is 12.8 Å². The van der Waals surface area contributed by atoms with E-state index in [1.807, 2.05) is 11.0 Å². The molecule has 2 aliphatic rings. The second-order valence-electron chi connectivity index (χ2n) is 6.17. The highest BCUT2D eigenvalue weighted by molar-refractivity contribution is 5.92. The molecule has 1 saturated heterocycles. The number of carboxylic acids is 1. The number of nitrogens with one attached hydrogen (secondary N) is 1. The molecule has 1 unspecified atom stereocenters. The molecule has 0 radical (unpaired) electrons. The first-order chi connectivity index (χ1) is 10.1. The molecule has 6 heteroatoms. The standard InChI is InChI=1S/C15H21N3O3/c19-14(20)6-3-10-2-1-7-18(9-10)15(21)13-8-12(16-17-13)11-4-5-11/h8,10-11H,1-7,9H2,(H,16,17)(H,19,20). The summed E-state index contributed by atoms with van der Waals surface area (Å²) in [7, 11) is 0. The van der Waals surface area contributed by atoms with Crippen molar-refractivity contribution in [3.05, 3.63) is 17.5 Å². The molecule has 3 rings (SSSR count). The maximum atomic E-state index is 12.5. The van der Waals surface area contributed by atoms with Crippen molar-refractivity contribution in [3.63, 3.8) is 0 Å². The monoisotopic (exact) mass is 291 g/mol. The summed E-state index contributed by atoms with van der Waals surface area (Å²) < 4.78 is 0. The van der Waals surface area contributed by atoms with Crippen LogP contribution in [0.1, 0.15) is 60.6 Å². The molecule has 2 heterocycles. The van der Waals surface area contributed by atoms with Crippen molar-refractivity contribution in [3.8, 4) is 0 Å². The van der Waals surface area contributed by atoms with Crippen LogP contribution in [-0.2, 0) is 4.79 Å². The number of piperidine rings is 1. The minimum absolute atomic E-state index is 0.0295. The van der Waals surface area contributed by atoms with Gasteiger partial charge in [-0.3, -0.25) is 14.7 Å². The van der Waals surface area contributed by atoms with Gasteiger partial charge in [-0.25, -0.2) is 0 Å². The Kier molecular flexibility index (Phi) is 3.94. The first-order valence-electron chi connectivity index (χ1n) is 7.70. The topological polar surface area (TPSA) is 86.3 Å². The summed E-state index contributed by atoms with van der Waals surface area (Å²) in [6.07, 6.45) is 5.13. The molecule has 1 saturated carbocycles. The van der Waals surface area contributed by atoms with Gasteiger partial charge in [-0.15, -0.1) is 0 Å². The summed E-state index contributed by atoms with van der Waals surface area (Å²) in [5, 5.41) is 15.9. The molecule has 1 aromatic heterocycles. The molecule has 1 aromatic rings. The van der Waals surface area contributed by atoms with Crippen LogP contribution in [0, 0.1) is 5.92 Å². The van der Waals surface area contributed by atoms with Crippen LogP contribution in [0.5, 0.6) is 0 Å². The summed E-state index contributed by atoms with van der Waals surface area (Å²) in [5.41, 5.74) is 1.56. The highest BCUT2D eigenvalue weighted by Gasteiger charge is 2.29. The molecule has 0 aromatic carbocycles. The molecular weight excluding hydrogens is 270 g/mol. The first-order valence-corrected chi connectivity index (χ1v) is 7.70. The Bertz CT molecular complexity index is 536. The van der Waals surface area contributed by atoms with Gasteiger partial charge in [-0.2, -0.15) is 5.10 Å². The van der Waals surface area contributed by atoms with Crippen molar-refractivity contribution < 1.29 is 14.7 Å². The van der Waals surface area contributed by atoms with Crippen LogP contribution in [0.25, 0.3) is 0 Å². The minimum Gasteiger partial charge on any atom is -0.481 e. The van der Waals surface area contributed by atoms with Crippen molar-refractivity contribution in [2.75, 3.05) is 13.1 Å². The van der Waals surface area contributed by atoms with E-state index < -0.39 is 5.97 Å². The fourth-order valence-electron chi connectivity index (χ4n) is 3.02. The van der Waals surface area contributed by atoms with Gasteiger partial charge in [0.25, 0.3) is 5.91 Å². The van der Waals surface area contributed by atoms with E-state index in [-0.39, 0.29) is 12.3 Å². The number of hydrogen-bond acceptors (Lipinski definition) is 3. The number of nitrogens with zero attached hydrogens (tertiary/aromatic N) is 2. The lowest BCUT2D eigenvalue weighted by atomic mass is 9.93. The Morgan fingerprint density at radius 1 is 1.38 bits per heavy atom. The molecular formula is C15H21N3O3. The minimum atomic E-state index is -0.764. The number of likely N-dealkylation sites (tertiary alicyclic amines) is 1. The van der Waals surface area contributed by atoms with E-state index in [9.17, 15) is 9.59 Å². The number of aliphatic carboxylic acids is 1. The molecule has 1 atom stereocenters. The number of H-pyrrole nitrogens is 1. The predicted octanol–water partition coefficient (Wildman–Crippen LogP) is 2.00. The first kappa shape index (κ1) is 14.1. The Labute approximate surface area is 123 Å². The quantitative estimate of drug-likeness (QED) is 0.868. The van der Waals surface area contributed by atoms with Gasteiger partial charge in [0.1, 0.15) is 5.69 Å². The number of amides is 1. The van der Waals surface area contributed by atoms with Gasteiger partial charge in [0.2, 0.25) is 0 Å². The summed E-state index contributed by atoms with van der Waals surface area (Å²) in [6, 6.07) is 1.88. The number of aromatic nitrogens is 2. The molecule has 0 spiro atoms. The second-order valence-corrected chi connectivity index (χ2v) is 6.17. The van der Waals surface area contributed by atoms with Gasteiger partial charge < -0.3 is 10.0 Å². The fraction of sp³-hybridized carbons (Fsp3) is 0.667. The van der Waals surface area contributed by atoms with E-state index in [0.29, 0.717) is 30.5 Å². The van der Waals surface area contributed by atoms with E-state index in [2.05, 4.69) is 10.2 Å². The van der Waals surface area contributed by atoms with Crippen LogP contribution in [0.4, 0.5) is 0 Å². The summed E-state index contributed by atoms with van der Waals surface area (Å²) in [4.78, 5) is 24.9. The number of carboxylic acid groups (broad SMARTS) is 1. The van der Waals surface area contributed by atoms with Crippen LogP contribution in [0.2, 0.25) is 0 Å². The van der Waals surface area contributed by atoms with Crippen molar-refractivity contribution in [2.24, 2.45) is 5.92 Å². The molecule has 1 aliphatic carbocycles. The molecule has 2 fully saturated rings. The van der Waals surface area contributed by atoms with Crippen molar-refractivity contribution in [1.82, 2.24) is 15.1 Å². The summed E-state index contributed by atoms with van der Waals surface area (Å²) >= 11 is 0. The zero-order valence-electron chi connectivity index (χ0n) is 12.0. The van der Waals surface area contributed by atoms with Gasteiger partial charge in [0.05, 0.1) is 0 Å². The smallest absolute Gasteiger partial charge is 0.303 e. The maximum absolute atomic E-state index is 12.5. The highest BCUT2D eigenvalue weighted by atomic mass is 16.4. The third-order valence-electron chi connectivity index (χ3n) is 4.41. The molecule has 0 bridgehead atoms. The highest BCUT2D eigenvalue weighted by Crippen LogP contribution is 2.39. The fourth-order valence-corrected chi connectivity index (χ4v) is 3.02. The van der Waals surface area contributed by atoms with Crippen molar-refractivity contribution in [1.29, 1.82) is 0 Å². The zero-order chi connectivity index (χ0) is 14.8. The molecule has 2 N–H and O–H groups in total. The Balaban J connectivity index is 1.59. The van der Waals surface area contributed by atoms with Crippen LogP contribution in [0.15, 0.2) is 6.07 Å². The van der Waals surface area contributed by atoms with Gasteiger partial charge in [0.15, 0.2) is 0 Å². The van der Waals surface area contributed by atoms with Gasteiger partial charge in [-0.1, -0.05) is 0 Å². The number of rotatable bonds is 5. The SMILES string of the molecule is O=C(O)CCC1CCCN(C(=O)c2cc(C3CC3)[nH]n2)C1. The maximum Gasteiger partial charge on any atom is 0.303 e. The van der Waals surface area contributed by atoms with E-state index >= 15 is 0 Å². The Morgan fingerprint density at radius 2 is 2.19 bits per heavy atom. The summed E-state index contributed by atoms with van der Waals surface area (Å²) in [5.74, 6) is 0.0577. The molecule has 21 heavy (non-hydrogen) atoms. The van der Waals surface area contributed by atoms with E-state index in [1.54, 1.807) is 0 Å². The average Bonchev–Trinajstić information content (AvgIpc) is 3.22.